The van der Waals surface area contributed by atoms with Crippen molar-refractivity contribution in [2.75, 3.05) is 13.2 Å². The van der Waals surface area contributed by atoms with Gasteiger partial charge in [-0.25, -0.2) is 4.39 Å². The number of carbonyl (C=O) groups is 1. The van der Waals surface area contributed by atoms with Crippen LogP contribution >= 0.6 is 0 Å². The van der Waals surface area contributed by atoms with Crippen LogP contribution in [0.2, 0.25) is 0 Å². The number of pyridine rings is 1. The number of Topliss-reactive ketones (excluding diaryl/α,β-unsaturated/α-hetero) is 1. The van der Waals surface area contributed by atoms with Crippen molar-refractivity contribution in [3.8, 4) is 22.6 Å². The normalized spacial score (nSPS) is 12.6. The molecule has 0 atom stereocenters. The van der Waals surface area contributed by atoms with Gasteiger partial charge in [0, 0.05) is 30.8 Å². The second-order valence-corrected chi connectivity index (χ2v) is 6.49. The van der Waals surface area contributed by atoms with Gasteiger partial charge in [0.1, 0.15) is 19.0 Å². The van der Waals surface area contributed by atoms with E-state index in [4.69, 9.17) is 9.47 Å². The standard InChI is InChI=1S/C22H18FNO4/c23-18-4-1-15(2-5-18)16-7-9-24(22(26)14-16)10-8-19(25)17-3-6-20-21(13-17)28-12-11-27-20/h1-7,9,13-14H,8,10-12H2. The molecule has 2 heterocycles. The number of carbonyl (C=O) groups excluding carboxylic acids is 1. The van der Waals surface area contributed by atoms with Crippen molar-refractivity contribution in [2.45, 2.75) is 13.0 Å². The Kier molecular flexibility index (Phi) is 4.93. The zero-order valence-corrected chi connectivity index (χ0v) is 15.1. The van der Waals surface area contributed by atoms with Gasteiger partial charge in [0.05, 0.1) is 0 Å². The quantitative estimate of drug-likeness (QED) is 0.635. The number of hydrogen-bond donors (Lipinski definition) is 0. The van der Waals surface area contributed by atoms with Gasteiger partial charge < -0.3 is 14.0 Å². The fourth-order valence-corrected chi connectivity index (χ4v) is 3.10. The molecule has 1 aliphatic heterocycles. The Morgan fingerprint density at radius 2 is 1.68 bits per heavy atom. The topological polar surface area (TPSA) is 57.5 Å². The summed E-state index contributed by atoms with van der Waals surface area (Å²) in [4.78, 5) is 24.9. The molecule has 4 rings (SSSR count). The van der Waals surface area contributed by atoms with Crippen LogP contribution < -0.4 is 15.0 Å². The molecule has 28 heavy (non-hydrogen) atoms. The summed E-state index contributed by atoms with van der Waals surface area (Å²) in [6.07, 6.45) is 1.84. The highest BCUT2D eigenvalue weighted by Gasteiger charge is 2.15. The molecule has 1 aromatic heterocycles. The smallest absolute Gasteiger partial charge is 0.251 e. The van der Waals surface area contributed by atoms with Crippen LogP contribution in [0.15, 0.2) is 65.6 Å². The maximum Gasteiger partial charge on any atom is 0.251 e. The van der Waals surface area contributed by atoms with Crippen LogP contribution in [-0.4, -0.2) is 23.6 Å². The summed E-state index contributed by atoms with van der Waals surface area (Å²) in [6, 6.07) is 14.3. The summed E-state index contributed by atoms with van der Waals surface area (Å²) in [6.45, 7) is 1.23. The van der Waals surface area contributed by atoms with E-state index in [1.807, 2.05) is 0 Å². The van der Waals surface area contributed by atoms with Gasteiger partial charge in [-0.2, -0.15) is 0 Å². The summed E-state index contributed by atoms with van der Waals surface area (Å²) >= 11 is 0. The van der Waals surface area contributed by atoms with Crippen LogP contribution in [0.25, 0.3) is 11.1 Å². The number of halogens is 1. The van der Waals surface area contributed by atoms with Crippen molar-refractivity contribution in [3.63, 3.8) is 0 Å². The number of hydrogen-bond acceptors (Lipinski definition) is 4. The van der Waals surface area contributed by atoms with E-state index in [2.05, 4.69) is 0 Å². The number of aryl methyl sites for hydroxylation is 1. The highest BCUT2D eigenvalue weighted by atomic mass is 19.1. The molecule has 0 radical (unpaired) electrons. The lowest BCUT2D eigenvalue weighted by Crippen LogP contribution is -2.20. The minimum absolute atomic E-state index is 0.0773. The Balaban J connectivity index is 1.45. The number of ether oxygens (including phenoxy) is 2. The number of nitrogens with zero attached hydrogens (tertiary/aromatic N) is 1. The second-order valence-electron chi connectivity index (χ2n) is 6.49. The van der Waals surface area contributed by atoms with Gasteiger partial charge in [-0.1, -0.05) is 12.1 Å². The third-order valence-electron chi connectivity index (χ3n) is 4.62. The van der Waals surface area contributed by atoms with E-state index >= 15 is 0 Å². The van der Waals surface area contributed by atoms with E-state index in [-0.39, 0.29) is 30.1 Å². The predicted octanol–water partition coefficient (Wildman–Crippen LogP) is 3.70. The number of benzene rings is 2. The van der Waals surface area contributed by atoms with Crippen molar-refractivity contribution in [2.24, 2.45) is 0 Å². The summed E-state index contributed by atoms with van der Waals surface area (Å²) < 4.78 is 25.5. The Morgan fingerprint density at radius 3 is 2.43 bits per heavy atom. The highest BCUT2D eigenvalue weighted by molar-refractivity contribution is 5.96. The van der Waals surface area contributed by atoms with E-state index in [9.17, 15) is 14.0 Å². The number of aromatic nitrogens is 1. The first-order valence-electron chi connectivity index (χ1n) is 8.99. The third-order valence-corrected chi connectivity index (χ3v) is 4.62. The minimum atomic E-state index is -0.324. The van der Waals surface area contributed by atoms with Crippen LogP contribution in [0, 0.1) is 5.82 Å². The fraction of sp³-hybridized carbons (Fsp3) is 0.182. The fourth-order valence-electron chi connectivity index (χ4n) is 3.10. The van der Waals surface area contributed by atoms with Gasteiger partial charge in [-0.3, -0.25) is 9.59 Å². The first-order chi connectivity index (χ1) is 13.6. The Morgan fingerprint density at radius 1 is 0.929 bits per heavy atom. The van der Waals surface area contributed by atoms with Crippen molar-refractivity contribution < 1.29 is 18.7 Å². The lowest BCUT2D eigenvalue weighted by molar-refractivity contribution is 0.0975. The van der Waals surface area contributed by atoms with E-state index in [0.29, 0.717) is 35.8 Å². The predicted molar refractivity (Wildman–Crippen MR) is 102 cm³/mol. The zero-order chi connectivity index (χ0) is 19.5. The first kappa shape index (κ1) is 18.0. The molecule has 3 aromatic rings. The minimum Gasteiger partial charge on any atom is -0.486 e. The molecule has 142 valence electrons. The SMILES string of the molecule is O=C(CCn1ccc(-c2ccc(F)cc2)cc1=O)c1ccc2c(c1)OCCO2. The summed E-state index contributed by atoms with van der Waals surface area (Å²) in [7, 11) is 0. The molecule has 0 bridgehead atoms. The Hall–Kier alpha value is -3.41. The van der Waals surface area contributed by atoms with E-state index in [1.165, 1.54) is 22.8 Å². The van der Waals surface area contributed by atoms with E-state index in [1.54, 1.807) is 42.6 Å². The Bertz CT molecular complexity index is 1070. The van der Waals surface area contributed by atoms with Crippen LogP contribution in [-0.2, 0) is 6.54 Å². The van der Waals surface area contributed by atoms with E-state index < -0.39 is 0 Å². The van der Waals surface area contributed by atoms with E-state index in [0.717, 1.165) is 5.56 Å². The molecule has 0 amide bonds. The maximum absolute atomic E-state index is 13.0. The summed E-state index contributed by atoms with van der Waals surface area (Å²) in [5, 5.41) is 0. The summed E-state index contributed by atoms with van der Waals surface area (Å²) in [5.41, 5.74) is 1.79. The van der Waals surface area contributed by atoms with Crippen molar-refractivity contribution >= 4 is 5.78 Å². The lowest BCUT2D eigenvalue weighted by atomic mass is 10.1. The van der Waals surface area contributed by atoms with Crippen molar-refractivity contribution in [3.05, 3.63) is 82.5 Å². The number of ketones is 1. The van der Waals surface area contributed by atoms with Gasteiger partial charge in [-0.05, 0) is 47.5 Å². The summed E-state index contributed by atoms with van der Waals surface area (Å²) in [5.74, 6) is 0.801. The molecule has 1 aliphatic rings. The number of rotatable bonds is 5. The van der Waals surface area contributed by atoms with Crippen molar-refractivity contribution in [1.29, 1.82) is 0 Å². The monoisotopic (exact) mass is 379 g/mol. The van der Waals surface area contributed by atoms with Crippen LogP contribution in [0.3, 0.4) is 0 Å². The molecule has 0 saturated heterocycles. The van der Waals surface area contributed by atoms with Gasteiger partial charge >= 0.3 is 0 Å². The molecule has 0 aliphatic carbocycles. The highest BCUT2D eigenvalue weighted by Crippen LogP contribution is 2.31. The molecular formula is C22H18FNO4. The second kappa shape index (κ2) is 7.68. The Labute approximate surface area is 161 Å². The first-order valence-corrected chi connectivity index (χ1v) is 8.99. The zero-order valence-electron chi connectivity index (χ0n) is 15.1. The van der Waals surface area contributed by atoms with Crippen LogP contribution in [0.5, 0.6) is 11.5 Å². The molecule has 0 saturated carbocycles. The van der Waals surface area contributed by atoms with Gasteiger partial charge in [0.25, 0.3) is 5.56 Å². The van der Waals surface area contributed by atoms with Gasteiger partial charge in [-0.15, -0.1) is 0 Å². The average molecular weight is 379 g/mol. The molecule has 6 heteroatoms. The van der Waals surface area contributed by atoms with Crippen molar-refractivity contribution in [1.82, 2.24) is 4.57 Å². The average Bonchev–Trinajstić information content (AvgIpc) is 2.73. The lowest BCUT2D eigenvalue weighted by Gasteiger charge is -2.18. The molecular weight excluding hydrogens is 361 g/mol. The third kappa shape index (κ3) is 3.81. The molecule has 5 nitrogen and oxygen atoms in total. The van der Waals surface area contributed by atoms with Gasteiger partial charge in [0.15, 0.2) is 17.3 Å². The van der Waals surface area contributed by atoms with Gasteiger partial charge in [0.2, 0.25) is 0 Å². The largest absolute Gasteiger partial charge is 0.486 e. The molecule has 0 N–H and O–H groups in total. The maximum atomic E-state index is 13.0. The molecule has 2 aromatic carbocycles. The number of fused-ring (bicyclic) bond motifs is 1. The molecule has 0 unspecified atom stereocenters. The molecule has 0 fully saturated rings. The molecule has 0 spiro atoms. The van der Waals surface area contributed by atoms with Crippen LogP contribution in [0.1, 0.15) is 16.8 Å². The van der Waals surface area contributed by atoms with Crippen LogP contribution in [0.4, 0.5) is 4.39 Å².